The maximum Gasteiger partial charge on any atom is 0.128 e. The molecule has 2 rings (SSSR count). The number of nitrogens with one attached hydrogen (secondary N) is 1. The van der Waals surface area contributed by atoms with E-state index in [4.69, 9.17) is 0 Å². The lowest BCUT2D eigenvalue weighted by Crippen LogP contribution is -2.33. The van der Waals surface area contributed by atoms with Crippen LogP contribution >= 0.6 is 0 Å². The molecule has 1 saturated carbocycles. The number of hydrogen-bond donors (Lipinski definition) is 1. The largest absolute Gasteiger partial charge is 0.307 e. The zero-order chi connectivity index (χ0) is 13.1. The Kier molecular flexibility index (Phi) is 4.33. The van der Waals surface area contributed by atoms with Crippen molar-refractivity contribution in [1.82, 2.24) is 5.32 Å². The molecule has 3 heteroatoms. The van der Waals surface area contributed by atoms with Gasteiger partial charge in [-0.2, -0.15) is 0 Å². The summed E-state index contributed by atoms with van der Waals surface area (Å²) in [6.07, 6.45) is 6.03. The van der Waals surface area contributed by atoms with E-state index in [1.807, 2.05) is 6.92 Å². The highest BCUT2D eigenvalue weighted by molar-refractivity contribution is 5.27. The zero-order valence-corrected chi connectivity index (χ0v) is 11.1. The van der Waals surface area contributed by atoms with Gasteiger partial charge in [0, 0.05) is 17.6 Å². The fourth-order valence-electron chi connectivity index (χ4n) is 2.71. The molecule has 1 fully saturated rings. The van der Waals surface area contributed by atoms with Crippen molar-refractivity contribution in [2.24, 2.45) is 0 Å². The Labute approximate surface area is 108 Å². The van der Waals surface area contributed by atoms with Crippen molar-refractivity contribution < 1.29 is 8.78 Å². The molecule has 1 atom stereocenters. The van der Waals surface area contributed by atoms with Crippen LogP contribution in [0.4, 0.5) is 8.78 Å². The van der Waals surface area contributed by atoms with Gasteiger partial charge < -0.3 is 5.32 Å². The molecule has 1 unspecified atom stereocenters. The lowest BCUT2D eigenvalue weighted by atomic mass is 9.94. The highest BCUT2D eigenvalue weighted by Crippen LogP contribution is 2.24. The van der Waals surface area contributed by atoms with E-state index < -0.39 is 0 Å². The molecule has 1 aliphatic rings. The summed E-state index contributed by atoms with van der Waals surface area (Å²) < 4.78 is 27.3. The van der Waals surface area contributed by atoms with Gasteiger partial charge in [-0.05, 0) is 44.4 Å². The van der Waals surface area contributed by atoms with Gasteiger partial charge in [-0.15, -0.1) is 0 Å². The number of aryl methyl sites for hydroxylation is 1. The minimum Gasteiger partial charge on any atom is -0.307 e. The molecule has 1 N–H and O–H groups in total. The third kappa shape index (κ3) is 3.08. The standard InChI is InChI=1S/C15H21F2N/c1-10-8-15(17)13(9-14(10)16)11(2)18-12-6-4-3-5-7-12/h8-9,11-12,18H,3-7H2,1-2H3. The van der Waals surface area contributed by atoms with Crippen molar-refractivity contribution in [2.75, 3.05) is 0 Å². The van der Waals surface area contributed by atoms with E-state index in [2.05, 4.69) is 5.32 Å². The molecule has 1 aromatic carbocycles. The summed E-state index contributed by atoms with van der Waals surface area (Å²) in [5, 5.41) is 3.42. The molecule has 0 spiro atoms. The Morgan fingerprint density at radius 2 is 1.78 bits per heavy atom. The van der Waals surface area contributed by atoms with Crippen LogP contribution in [0.2, 0.25) is 0 Å². The van der Waals surface area contributed by atoms with E-state index in [9.17, 15) is 8.78 Å². The second-order valence-corrected chi connectivity index (χ2v) is 5.35. The fourth-order valence-corrected chi connectivity index (χ4v) is 2.71. The smallest absolute Gasteiger partial charge is 0.128 e. The van der Waals surface area contributed by atoms with Gasteiger partial charge in [0.2, 0.25) is 0 Å². The summed E-state index contributed by atoms with van der Waals surface area (Å²) in [6.45, 7) is 3.49. The first-order valence-corrected chi connectivity index (χ1v) is 6.79. The topological polar surface area (TPSA) is 12.0 Å². The van der Waals surface area contributed by atoms with Gasteiger partial charge in [-0.25, -0.2) is 8.78 Å². The second kappa shape index (κ2) is 5.79. The Bertz CT molecular complexity index is 411. The number of hydrogen-bond acceptors (Lipinski definition) is 1. The molecule has 0 amide bonds. The minimum absolute atomic E-state index is 0.136. The maximum atomic E-state index is 13.8. The molecular weight excluding hydrogens is 232 g/mol. The summed E-state index contributed by atoms with van der Waals surface area (Å²) in [5.41, 5.74) is 0.796. The van der Waals surface area contributed by atoms with Crippen LogP contribution in [0.25, 0.3) is 0 Å². The van der Waals surface area contributed by atoms with Crippen LogP contribution in [0.3, 0.4) is 0 Å². The number of halogens is 2. The molecule has 0 radical (unpaired) electrons. The van der Waals surface area contributed by atoms with Gasteiger partial charge in [0.25, 0.3) is 0 Å². The van der Waals surface area contributed by atoms with Crippen LogP contribution in [0, 0.1) is 18.6 Å². The van der Waals surface area contributed by atoms with Crippen molar-refractivity contribution >= 4 is 0 Å². The van der Waals surface area contributed by atoms with Crippen LogP contribution in [-0.2, 0) is 0 Å². The molecule has 0 aliphatic heterocycles. The molecule has 1 aromatic rings. The summed E-state index contributed by atoms with van der Waals surface area (Å²) in [5.74, 6) is -0.645. The van der Waals surface area contributed by atoms with Crippen molar-refractivity contribution in [1.29, 1.82) is 0 Å². The Balaban J connectivity index is 2.08. The van der Waals surface area contributed by atoms with E-state index in [0.717, 1.165) is 12.8 Å². The van der Waals surface area contributed by atoms with Crippen LogP contribution in [-0.4, -0.2) is 6.04 Å². The van der Waals surface area contributed by atoms with Gasteiger partial charge in [-0.3, -0.25) is 0 Å². The van der Waals surface area contributed by atoms with Crippen LogP contribution in [0.1, 0.15) is 56.2 Å². The Morgan fingerprint density at radius 3 is 2.44 bits per heavy atom. The molecule has 1 aliphatic carbocycles. The number of benzene rings is 1. The normalized spacial score (nSPS) is 18.9. The highest BCUT2D eigenvalue weighted by atomic mass is 19.1. The summed E-state index contributed by atoms with van der Waals surface area (Å²) in [4.78, 5) is 0. The molecule has 0 aromatic heterocycles. The summed E-state index contributed by atoms with van der Waals surface area (Å²) in [7, 11) is 0. The molecule has 18 heavy (non-hydrogen) atoms. The maximum absolute atomic E-state index is 13.8. The highest BCUT2D eigenvalue weighted by Gasteiger charge is 2.19. The van der Waals surface area contributed by atoms with Crippen molar-refractivity contribution in [3.63, 3.8) is 0 Å². The van der Waals surface area contributed by atoms with E-state index >= 15 is 0 Å². The third-order valence-corrected chi connectivity index (χ3v) is 3.84. The average molecular weight is 253 g/mol. The van der Waals surface area contributed by atoms with E-state index in [-0.39, 0.29) is 17.7 Å². The van der Waals surface area contributed by atoms with Crippen molar-refractivity contribution in [2.45, 2.75) is 58.0 Å². The van der Waals surface area contributed by atoms with E-state index in [1.54, 1.807) is 6.92 Å². The third-order valence-electron chi connectivity index (χ3n) is 3.84. The van der Waals surface area contributed by atoms with Gasteiger partial charge in [-0.1, -0.05) is 19.3 Å². The fraction of sp³-hybridized carbons (Fsp3) is 0.600. The zero-order valence-electron chi connectivity index (χ0n) is 11.1. The minimum atomic E-state index is -0.330. The van der Waals surface area contributed by atoms with Crippen LogP contribution in [0.15, 0.2) is 12.1 Å². The van der Waals surface area contributed by atoms with Gasteiger partial charge in [0.05, 0.1) is 0 Å². The molecule has 0 heterocycles. The number of rotatable bonds is 3. The quantitative estimate of drug-likeness (QED) is 0.848. The monoisotopic (exact) mass is 253 g/mol. The predicted octanol–water partition coefficient (Wildman–Crippen LogP) is 4.26. The van der Waals surface area contributed by atoms with Crippen LogP contribution in [0.5, 0.6) is 0 Å². The summed E-state index contributed by atoms with van der Waals surface area (Å²) in [6, 6.07) is 2.91. The van der Waals surface area contributed by atoms with E-state index in [0.29, 0.717) is 17.2 Å². The first-order valence-electron chi connectivity index (χ1n) is 6.79. The SMILES string of the molecule is Cc1cc(F)c(C(C)NC2CCCCC2)cc1F. The molecule has 100 valence electrons. The van der Waals surface area contributed by atoms with E-state index in [1.165, 1.54) is 31.4 Å². The molecule has 1 nitrogen and oxygen atoms in total. The van der Waals surface area contributed by atoms with Gasteiger partial charge >= 0.3 is 0 Å². The second-order valence-electron chi connectivity index (χ2n) is 5.35. The van der Waals surface area contributed by atoms with Gasteiger partial charge in [0.1, 0.15) is 11.6 Å². The Morgan fingerprint density at radius 1 is 1.11 bits per heavy atom. The first-order chi connectivity index (χ1) is 8.58. The van der Waals surface area contributed by atoms with Crippen LogP contribution < -0.4 is 5.32 Å². The lowest BCUT2D eigenvalue weighted by molar-refractivity contribution is 0.343. The molecular formula is C15H21F2N. The molecule has 0 saturated heterocycles. The molecule has 0 bridgehead atoms. The van der Waals surface area contributed by atoms with Crippen molar-refractivity contribution in [3.05, 3.63) is 34.9 Å². The predicted molar refractivity (Wildman–Crippen MR) is 69.5 cm³/mol. The first kappa shape index (κ1) is 13.5. The summed E-state index contributed by atoms with van der Waals surface area (Å²) >= 11 is 0. The van der Waals surface area contributed by atoms with Gasteiger partial charge in [0.15, 0.2) is 0 Å². The van der Waals surface area contributed by atoms with Crippen molar-refractivity contribution in [3.8, 4) is 0 Å². The lowest BCUT2D eigenvalue weighted by Gasteiger charge is -2.27. The Hall–Kier alpha value is -0.960. The average Bonchev–Trinajstić information content (AvgIpc) is 2.35.